The Labute approximate surface area is 193 Å². The normalized spacial score (nSPS) is 12.6. The van der Waals surface area contributed by atoms with Gasteiger partial charge in [0, 0.05) is 18.8 Å². The van der Waals surface area contributed by atoms with Gasteiger partial charge in [-0.05, 0) is 50.2 Å². The fraction of sp³-hybridized carbons (Fsp3) is 0.286. The molecule has 0 aliphatic rings. The van der Waals surface area contributed by atoms with Crippen molar-refractivity contribution >= 4 is 29.0 Å². The number of ether oxygens (including phenoxy) is 2. The lowest BCUT2D eigenvalue weighted by Gasteiger charge is -2.15. The molecule has 3 aromatic rings. The van der Waals surface area contributed by atoms with Crippen LogP contribution in [0.25, 0.3) is 0 Å². The Hall–Kier alpha value is -3.67. The van der Waals surface area contributed by atoms with Gasteiger partial charge in [0.1, 0.15) is 11.5 Å². The molecular formula is C21H22FN5O5S. The van der Waals surface area contributed by atoms with Gasteiger partial charge in [-0.3, -0.25) is 14.9 Å². The average molecular weight is 476 g/mol. The molecule has 1 N–H and O–H groups in total. The maximum absolute atomic E-state index is 13.5. The van der Waals surface area contributed by atoms with Crippen LogP contribution in [0.4, 0.5) is 15.8 Å². The number of thioether (sulfide) groups is 1. The van der Waals surface area contributed by atoms with E-state index >= 15 is 0 Å². The quantitative estimate of drug-likeness (QED) is 0.279. The first-order valence-electron chi connectivity index (χ1n) is 9.81. The first-order chi connectivity index (χ1) is 15.7. The van der Waals surface area contributed by atoms with E-state index in [2.05, 4.69) is 15.5 Å². The van der Waals surface area contributed by atoms with Crippen molar-refractivity contribution in [2.75, 3.05) is 12.4 Å². The Bertz CT molecular complexity index is 1150. The molecule has 2 atom stereocenters. The van der Waals surface area contributed by atoms with Crippen LogP contribution in [-0.2, 0) is 11.8 Å². The van der Waals surface area contributed by atoms with Crippen molar-refractivity contribution in [3.63, 3.8) is 0 Å². The Morgan fingerprint density at radius 1 is 1.18 bits per heavy atom. The molecule has 0 radical (unpaired) electrons. The average Bonchev–Trinajstić information content (AvgIpc) is 3.15. The van der Waals surface area contributed by atoms with Crippen LogP contribution in [0.5, 0.6) is 11.5 Å². The van der Waals surface area contributed by atoms with E-state index in [4.69, 9.17) is 9.47 Å². The largest absolute Gasteiger partial charge is 0.497 e. The van der Waals surface area contributed by atoms with Gasteiger partial charge in [-0.25, -0.2) is 0 Å². The summed E-state index contributed by atoms with van der Waals surface area (Å²) >= 11 is 1.16. The molecule has 2 unspecified atom stereocenters. The molecule has 0 aliphatic heterocycles. The van der Waals surface area contributed by atoms with E-state index < -0.39 is 33.7 Å². The summed E-state index contributed by atoms with van der Waals surface area (Å²) in [6.45, 7) is 3.49. The van der Waals surface area contributed by atoms with E-state index in [0.29, 0.717) is 16.7 Å². The third-order valence-electron chi connectivity index (χ3n) is 4.67. The lowest BCUT2D eigenvalue weighted by atomic mass is 10.2. The summed E-state index contributed by atoms with van der Waals surface area (Å²) in [6, 6.07) is 10.3. The Morgan fingerprint density at radius 2 is 1.85 bits per heavy atom. The Morgan fingerprint density at radius 3 is 2.48 bits per heavy atom. The number of hydrogen-bond donors (Lipinski definition) is 1. The Balaban J connectivity index is 1.64. The van der Waals surface area contributed by atoms with Gasteiger partial charge < -0.3 is 19.4 Å². The minimum Gasteiger partial charge on any atom is -0.497 e. The van der Waals surface area contributed by atoms with Crippen LogP contribution < -0.4 is 14.8 Å². The number of anilines is 1. The van der Waals surface area contributed by atoms with Crippen LogP contribution >= 0.6 is 11.8 Å². The molecule has 33 heavy (non-hydrogen) atoms. The number of carbonyl (C=O) groups is 1. The summed E-state index contributed by atoms with van der Waals surface area (Å²) < 4.78 is 26.3. The van der Waals surface area contributed by atoms with E-state index in [1.807, 2.05) is 6.92 Å². The summed E-state index contributed by atoms with van der Waals surface area (Å²) in [5.41, 5.74) is -0.586. The molecule has 0 saturated carbocycles. The van der Waals surface area contributed by atoms with Gasteiger partial charge in [0.15, 0.2) is 17.1 Å². The zero-order chi connectivity index (χ0) is 24.1. The number of amides is 1. The number of nitro groups is 1. The molecule has 0 aliphatic carbocycles. The van der Waals surface area contributed by atoms with Crippen molar-refractivity contribution in [3.05, 3.63) is 64.2 Å². The number of methoxy groups -OCH3 is 1. The zero-order valence-electron chi connectivity index (χ0n) is 18.3. The number of nitro benzene ring substituents is 1. The zero-order valence-corrected chi connectivity index (χ0v) is 19.1. The summed E-state index contributed by atoms with van der Waals surface area (Å²) in [6.07, 6.45) is -0.408. The lowest BCUT2D eigenvalue weighted by molar-refractivity contribution is -0.387. The molecule has 1 amide bonds. The molecule has 10 nitrogen and oxygen atoms in total. The van der Waals surface area contributed by atoms with Gasteiger partial charge in [0.25, 0.3) is 0 Å². The molecule has 1 aromatic heterocycles. The van der Waals surface area contributed by atoms with Crippen molar-refractivity contribution in [1.29, 1.82) is 0 Å². The first-order valence-corrected chi connectivity index (χ1v) is 10.7. The molecule has 2 aromatic carbocycles. The SMILES string of the molecule is COc1ccc(OC(C)c2nnc(SC(C)C(=O)Nc3ccc(F)c([N+](=O)[O-])c3)n2C)cc1. The van der Waals surface area contributed by atoms with E-state index in [1.54, 1.807) is 49.9 Å². The van der Waals surface area contributed by atoms with Crippen LogP contribution in [0.1, 0.15) is 25.8 Å². The number of carbonyl (C=O) groups excluding carboxylic acids is 1. The molecule has 0 spiro atoms. The number of nitrogens with zero attached hydrogens (tertiary/aromatic N) is 4. The van der Waals surface area contributed by atoms with Gasteiger partial charge in [-0.15, -0.1) is 10.2 Å². The topological polar surface area (TPSA) is 121 Å². The van der Waals surface area contributed by atoms with Crippen molar-refractivity contribution in [3.8, 4) is 11.5 Å². The van der Waals surface area contributed by atoms with E-state index in [-0.39, 0.29) is 5.69 Å². The summed E-state index contributed by atoms with van der Waals surface area (Å²) in [5.74, 6) is 0.526. The number of hydrogen-bond acceptors (Lipinski definition) is 8. The monoisotopic (exact) mass is 475 g/mol. The van der Waals surface area contributed by atoms with Gasteiger partial charge in [0.05, 0.1) is 17.3 Å². The number of halogens is 1. The summed E-state index contributed by atoms with van der Waals surface area (Å²) in [7, 11) is 3.35. The minimum atomic E-state index is -0.974. The van der Waals surface area contributed by atoms with Crippen molar-refractivity contribution in [1.82, 2.24) is 14.8 Å². The standard InChI is InChI=1S/C21H22FN5O5S/c1-12(32-16-8-6-15(31-4)7-9-16)19-24-25-21(26(19)3)33-13(2)20(28)23-14-5-10-17(22)18(11-14)27(29)30/h5-13H,1-4H3,(H,23,28). The molecule has 0 bridgehead atoms. The highest BCUT2D eigenvalue weighted by atomic mass is 32.2. The van der Waals surface area contributed by atoms with Gasteiger partial charge in [-0.2, -0.15) is 4.39 Å². The lowest BCUT2D eigenvalue weighted by Crippen LogP contribution is -2.23. The second kappa shape index (κ2) is 10.3. The highest BCUT2D eigenvalue weighted by molar-refractivity contribution is 8.00. The Kier molecular flexibility index (Phi) is 7.48. The molecule has 174 valence electrons. The van der Waals surface area contributed by atoms with E-state index in [0.717, 1.165) is 29.6 Å². The molecule has 0 fully saturated rings. The van der Waals surface area contributed by atoms with Crippen LogP contribution in [0, 0.1) is 15.9 Å². The van der Waals surface area contributed by atoms with E-state index in [9.17, 15) is 19.3 Å². The van der Waals surface area contributed by atoms with Crippen LogP contribution in [0.15, 0.2) is 47.6 Å². The number of aromatic nitrogens is 3. The highest BCUT2D eigenvalue weighted by Crippen LogP contribution is 2.28. The van der Waals surface area contributed by atoms with Crippen LogP contribution in [0.2, 0.25) is 0 Å². The highest BCUT2D eigenvalue weighted by Gasteiger charge is 2.23. The number of nitrogens with one attached hydrogen (secondary N) is 1. The fourth-order valence-corrected chi connectivity index (χ4v) is 3.70. The summed E-state index contributed by atoms with van der Waals surface area (Å²) in [5, 5.41) is 21.6. The molecular weight excluding hydrogens is 453 g/mol. The van der Waals surface area contributed by atoms with Gasteiger partial charge in [0.2, 0.25) is 11.7 Å². The second-order valence-electron chi connectivity index (χ2n) is 7.01. The molecule has 12 heteroatoms. The maximum atomic E-state index is 13.5. The fourth-order valence-electron chi connectivity index (χ4n) is 2.88. The number of rotatable bonds is 9. The smallest absolute Gasteiger partial charge is 0.306 e. The summed E-state index contributed by atoms with van der Waals surface area (Å²) in [4.78, 5) is 22.6. The van der Waals surface area contributed by atoms with Crippen molar-refractivity contribution in [2.45, 2.75) is 30.4 Å². The predicted molar refractivity (Wildman–Crippen MR) is 120 cm³/mol. The predicted octanol–water partition coefficient (Wildman–Crippen LogP) is 4.13. The third kappa shape index (κ3) is 5.77. The van der Waals surface area contributed by atoms with Gasteiger partial charge >= 0.3 is 5.69 Å². The van der Waals surface area contributed by atoms with E-state index in [1.165, 1.54) is 6.07 Å². The molecule has 3 rings (SSSR count). The van der Waals surface area contributed by atoms with Crippen molar-refractivity contribution < 1.29 is 23.6 Å². The molecule has 0 saturated heterocycles. The molecule has 1 heterocycles. The number of benzene rings is 2. The maximum Gasteiger partial charge on any atom is 0.306 e. The van der Waals surface area contributed by atoms with Crippen LogP contribution in [0.3, 0.4) is 0 Å². The third-order valence-corrected chi connectivity index (χ3v) is 5.80. The second-order valence-corrected chi connectivity index (χ2v) is 8.32. The van der Waals surface area contributed by atoms with Gasteiger partial charge in [-0.1, -0.05) is 11.8 Å². The first kappa shape index (κ1) is 24.0. The van der Waals surface area contributed by atoms with Crippen molar-refractivity contribution in [2.24, 2.45) is 7.05 Å². The minimum absolute atomic E-state index is 0.126. The van der Waals surface area contributed by atoms with Crippen LogP contribution in [-0.4, -0.2) is 38.0 Å².